The number of nitro benzene ring substituents is 1. The zero-order valence-electron chi connectivity index (χ0n) is 11.4. The van der Waals surface area contributed by atoms with Crippen LogP contribution in [0.15, 0.2) is 48.5 Å². The van der Waals surface area contributed by atoms with E-state index in [2.05, 4.69) is 0 Å². The average molecular weight is 305 g/mol. The molecule has 0 atom stereocenters. The molecule has 0 aromatic heterocycles. The topological polar surface area (TPSA) is 78.7 Å². The number of carbonyl (C=O) groups is 1. The van der Waals surface area contributed by atoms with Crippen LogP contribution in [0.4, 0.5) is 10.1 Å². The van der Waals surface area contributed by atoms with Crippen LogP contribution in [0.1, 0.15) is 5.56 Å². The number of hydrogen-bond acceptors (Lipinski definition) is 5. The van der Waals surface area contributed by atoms with E-state index >= 15 is 0 Å². The lowest BCUT2D eigenvalue weighted by molar-refractivity contribution is -0.384. The van der Waals surface area contributed by atoms with Crippen LogP contribution >= 0.6 is 0 Å². The molecule has 0 bridgehead atoms. The molecule has 0 aliphatic heterocycles. The van der Waals surface area contributed by atoms with Crippen molar-refractivity contribution in [3.63, 3.8) is 0 Å². The maximum absolute atomic E-state index is 12.7. The quantitative estimate of drug-likeness (QED) is 0.466. The van der Waals surface area contributed by atoms with E-state index in [1.807, 2.05) is 0 Å². The van der Waals surface area contributed by atoms with Gasteiger partial charge in [0, 0.05) is 12.1 Å². The highest BCUT2D eigenvalue weighted by Gasteiger charge is 2.08. The molecule has 0 amide bonds. The molecule has 0 aliphatic rings. The van der Waals surface area contributed by atoms with Crippen molar-refractivity contribution >= 4 is 11.7 Å². The second-order valence-corrected chi connectivity index (χ2v) is 4.33. The smallest absolute Gasteiger partial charge is 0.344 e. The molecule has 6 nitrogen and oxygen atoms in total. The van der Waals surface area contributed by atoms with E-state index in [4.69, 9.17) is 9.47 Å². The van der Waals surface area contributed by atoms with E-state index in [-0.39, 0.29) is 18.9 Å². The van der Waals surface area contributed by atoms with Crippen molar-refractivity contribution in [2.75, 3.05) is 6.61 Å². The molecular weight excluding hydrogens is 293 g/mol. The monoisotopic (exact) mass is 305 g/mol. The summed E-state index contributed by atoms with van der Waals surface area (Å²) in [5.41, 5.74) is 0.431. The van der Waals surface area contributed by atoms with E-state index < -0.39 is 16.7 Å². The first-order valence-electron chi connectivity index (χ1n) is 6.32. The number of halogens is 1. The van der Waals surface area contributed by atoms with Gasteiger partial charge >= 0.3 is 5.97 Å². The van der Waals surface area contributed by atoms with Crippen LogP contribution in [-0.4, -0.2) is 17.5 Å². The summed E-state index contributed by atoms with van der Waals surface area (Å²) < 4.78 is 22.8. The van der Waals surface area contributed by atoms with E-state index in [0.29, 0.717) is 11.3 Å². The number of nitrogens with zero attached hydrogens (tertiary/aromatic N) is 1. The van der Waals surface area contributed by atoms with Crippen molar-refractivity contribution in [1.29, 1.82) is 0 Å². The fourth-order valence-electron chi connectivity index (χ4n) is 1.64. The summed E-state index contributed by atoms with van der Waals surface area (Å²) in [6.45, 7) is -0.423. The highest BCUT2D eigenvalue weighted by Crippen LogP contribution is 2.14. The molecule has 0 saturated heterocycles. The Hall–Kier alpha value is -2.96. The standard InChI is InChI=1S/C15H12FNO5/c16-12-4-6-14(7-5-12)21-10-15(18)22-9-11-2-1-3-13(8-11)17(19)20/h1-8H,9-10H2. The molecule has 2 aromatic carbocycles. The van der Waals surface area contributed by atoms with Gasteiger partial charge in [0.1, 0.15) is 18.2 Å². The van der Waals surface area contributed by atoms with Gasteiger partial charge in [-0.15, -0.1) is 0 Å². The maximum Gasteiger partial charge on any atom is 0.344 e. The van der Waals surface area contributed by atoms with Crippen LogP contribution in [0.25, 0.3) is 0 Å². The number of non-ortho nitro benzene ring substituents is 1. The van der Waals surface area contributed by atoms with Crippen LogP contribution < -0.4 is 4.74 Å². The number of carbonyl (C=O) groups excluding carboxylic acids is 1. The van der Waals surface area contributed by atoms with E-state index in [1.54, 1.807) is 6.07 Å². The number of benzene rings is 2. The number of esters is 1. The molecule has 0 N–H and O–H groups in total. The molecule has 0 radical (unpaired) electrons. The van der Waals surface area contributed by atoms with Crippen molar-refractivity contribution in [1.82, 2.24) is 0 Å². The van der Waals surface area contributed by atoms with Crippen molar-refractivity contribution in [3.05, 3.63) is 70.0 Å². The van der Waals surface area contributed by atoms with Crippen LogP contribution in [-0.2, 0) is 16.1 Å². The molecular formula is C15H12FNO5. The van der Waals surface area contributed by atoms with E-state index in [9.17, 15) is 19.3 Å². The predicted molar refractivity (Wildman–Crippen MR) is 74.8 cm³/mol. The minimum Gasteiger partial charge on any atom is -0.482 e. The minimum absolute atomic E-state index is 0.0730. The third kappa shape index (κ3) is 4.55. The largest absolute Gasteiger partial charge is 0.482 e. The lowest BCUT2D eigenvalue weighted by Crippen LogP contribution is -2.14. The summed E-state index contributed by atoms with van der Waals surface area (Å²) in [6.07, 6.45) is 0. The molecule has 0 fully saturated rings. The molecule has 0 heterocycles. The van der Waals surface area contributed by atoms with Gasteiger partial charge in [-0.25, -0.2) is 9.18 Å². The maximum atomic E-state index is 12.7. The van der Waals surface area contributed by atoms with Crippen molar-refractivity contribution in [2.45, 2.75) is 6.61 Å². The molecule has 0 saturated carbocycles. The van der Waals surface area contributed by atoms with Crippen LogP contribution in [0.5, 0.6) is 5.75 Å². The summed E-state index contributed by atoms with van der Waals surface area (Å²) >= 11 is 0. The lowest BCUT2D eigenvalue weighted by Gasteiger charge is -2.07. The Balaban J connectivity index is 1.81. The first-order chi connectivity index (χ1) is 10.5. The van der Waals surface area contributed by atoms with Gasteiger partial charge in [-0.3, -0.25) is 10.1 Å². The van der Waals surface area contributed by atoms with Gasteiger partial charge in [-0.05, 0) is 29.8 Å². The first kappa shape index (κ1) is 15.4. The van der Waals surface area contributed by atoms with Crippen molar-refractivity contribution in [2.24, 2.45) is 0 Å². The van der Waals surface area contributed by atoms with Gasteiger partial charge in [-0.2, -0.15) is 0 Å². The van der Waals surface area contributed by atoms with Gasteiger partial charge in [0.25, 0.3) is 5.69 Å². The van der Waals surface area contributed by atoms with E-state index in [0.717, 1.165) is 0 Å². The first-order valence-corrected chi connectivity index (χ1v) is 6.32. The highest BCUT2D eigenvalue weighted by atomic mass is 19.1. The lowest BCUT2D eigenvalue weighted by atomic mass is 10.2. The number of hydrogen-bond donors (Lipinski definition) is 0. The van der Waals surface area contributed by atoms with Crippen LogP contribution in [0.2, 0.25) is 0 Å². The predicted octanol–water partition coefficient (Wildman–Crippen LogP) is 2.86. The summed E-state index contributed by atoms with van der Waals surface area (Å²) in [5.74, 6) is -0.690. The van der Waals surface area contributed by atoms with E-state index in [1.165, 1.54) is 42.5 Å². The highest BCUT2D eigenvalue weighted by molar-refractivity contribution is 5.71. The molecule has 2 rings (SSSR count). The molecule has 22 heavy (non-hydrogen) atoms. The summed E-state index contributed by atoms with van der Waals surface area (Å²) in [5, 5.41) is 10.6. The Morgan fingerprint density at radius 1 is 1.18 bits per heavy atom. The third-order valence-electron chi connectivity index (χ3n) is 2.69. The Morgan fingerprint density at radius 2 is 1.91 bits per heavy atom. The molecule has 0 unspecified atom stereocenters. The summed E-state index contributed by atoms with van der Waals surface area (Å²) in [4.78, 5) is 21.6. The Kier molecular flexibility index (Phi) is 5.02. The Labute approximate surface area is 125 Å². The van der Waals surface area contributed by atoms with Crippen LogP contribution in [0.3, 0.4) is 0 Å². The Morgan fingerprint density at radius 3 is 2.59 bits per heavy atom. The van der Waals surface area contributed by atoms with Crippen molar-refractivity contribution in [3.8, 4) is 5.75 Å². The SMILES string of the molecule is O=C(COc1ccc(F)cc1)OCc1cccc([N+](=O)[O-])c1. The fourth-order valence-corrected chi connectivity index (χ4v) is 1.64. The van der Waals surface area contributed by atoms with Gasteiger partial charge in [0.2, 0.25) is 0 Å². The zero-order chi connectivity index (χ0) is 15.9. The number of rotatable bonds is 6. The van der Waals surface area contributed by atoms with Crippen LogP contribution in [0, 0.1) is 15.9 Å². The Bertz CT molecular complexity index is 672. The molecule has 114 valence electrons. The number of ether oxygens (including phenoxy) is 2. The second-order valence-electron chi connectivity index (χ2n) is 4.33. The second kappa shape index (κ2) is 7.16. The average Bonchev–Trinajstić information content (AvgIpc) is 2.52. The van der Waals surface area contributed by atoms with Gasteiger partial charge in [0.05, 0.1) is 4.92 Å². The molecule has 2 aromatic rings. The van der Waals surface area contributed by atoms with Crippen molar-refractivity contribution < 1.29 is 23.6 Å². The fraction of sp³-hybridized carbons (Fsp3) is 0.133. The molecule has 0 spiro atoms. The minimum atomic E-state index is -0.629. The zero-order valence-corrected chi connectivity index (χ0v) is 11.4. The third-order valence-corrected chi connectivity index (χ3v) is 2.69. The normalized spacial score (nSPS) is 10.0. The number of nitro groups is 1. The summed E-state index contributed by atoms with van der Waals surface area (Å²) in [7, 11) is 0. The molecule has 7 heteroatoms. The van der Waals surface area contributed by atoms with Gasteiger partial charge < -0.3 is 9.47 Å². The van der Waals surface area contributed by atoms with Gasteiger partial charge in [-0.1, -0.05) is 12.1 Å². The van der Waals surface area contributed by atoms with Gasteiger partial charge in [0.15, 0.2) is 6.61 Å². The summed E-state index contributed by atoms with van der Waals surface area (Å²) in [6, 6.07) is 11.0. The molecule has 0 aliphatic carbocycles.